The molecule has 0 saturated heterocycles. The highest BCUT2D eigenvalue weighted by molar-refractivity contribution is 7.92. The van der Waals surface area contributed by atoms with Crippen LogP contribution in [0.2, 0.25) is 0 Å². The van der Waals surface area contributed by atoms with Gasteiger partial charge in [-0.25, -0.2) is 22.6 Å². The molecule has 2 heterocycles. The van der Waals surface area contributed by atoms with E-state index in [4.69, 9.17) is 0 Å². The monoisotopic (exact) mass is 331 g/mol. The fourth-order valence-electron chi connectivity index (χ4n) is 2.62. The summed E-state index contributed by atoms with van der Waals surface area (Å²) in [5.74, 6) is 0.333. The number of hydrogen-bond acceptors (Lipinski definition) is 5. The van der Waals surface area contributed by atoms with Gasteiger partial charge in [0.1, 0.15) is 0 Å². The van der Waals surface area contributed by atoms with Crippen LogP contribution in [-0.2, 0) is 10.0 Å². The summed E-state index contributed by atoms with van der Waals surface area (Å²) >= 11 is 0. The van der Waals surface area contributed by atoms with Crippen molar-refractivity contribution in [2.75, 3.05) is 4.72 Å². The molecule has 8 heteroatoms. The Morgan fingerprint density at radius 3 is 2.52 bits per heavy atom. The molecule has 120 valence electrons. The highest BCUT2D eigenvalue weighted by Crippen LogP contribution is 2.26. The third-order valence-corrected chi connectivity index (χ3v) is 5.51. The Labute approximate surface area is 134 Å². The topological polar surface area (TPSA) is 89.2 Å². The lowest BCUT2D eigenvalue weighted by Gasteiger charge is -2.15. The molecule has 3 rings (SSSR count). The van der Waals surface area contributed by atoms with Crippen molar-refractivity contribution in [2.24, 2.45) is 0 Å². The number of aromatic nitrogens is 4. The van der Waals surface area contributed by atoms with E-state index in [0.717, 1.165) is 16.7 Å². The lowest BCUT2D eigenvalue weighted by atomic mass is 10.0. The van der Waals surface area contributed by atoms with E-state index in [1.165, 1.54) is 4.52 Å². The van der Waals surface area contributed by atoms with Crippen molar-refractivity contribution in [3.63, 3.8) is 0 Å². The lowest BCUT2D eigenvalue weighted by molar-refractivity contribution is 0.599. The van der Waals surface area contributed by atoms with E-state index in [1.54, 1.807) is 25.4 Å². The van der Waals surface area contributed by atoms with Gasteiger partial charge in [0.25, 0.3) is 21.7 Å². The number of fused-ring (bicyclic) bond motifs is 1. The molecule has 0 radical (unpaired) electrons. The first kappa shape index (κ1) is 15.4. The molecule has 1 N–H and O–H groups in total. The largest absolute Gasteiger partial charge is 0.264 e. The second kappa shape index (κ2) is 5.31. The lowest BCUT2D eigenvalue weighted by Crippen LogP contribution is -2.17. The third-order valence-electron chi connectivity index (χ3n) is 3.90. The molecule has 0 aliphatic rings. The van der Waals surface area contributed by atoms with Crippen molar-refractivity contribution in [3.05, 3.63) is 46.8 Å². The second-order valence-corrected chi connectivity index (χ2v) is 7.11. The summed E-state index contributed by atoms with van der Waals surface area (Å²) in [6.07, 6.45) is 3.22. The van der Waals surface area contributed by atoms with Crippen LogP contribution in [0.15, 0.2) is 29.4 Å². The van der Waals surface area contributed by atoms with Crippen LogP contribution in [0, 0.1) is 27.7 Å². The van der Waals surface area contributed by atoms with Crippen molar-refractivity contribution in [1.29, 1.82) is 0 Å². The highest BCUT2D eigenvalue weighted by Gasteiger charge is 2.23. The van der Waals surface area contributed by atoms with Crippen LogP contribution in [0.25, 0.3) is 5.78 Å². The van der Waals surface area contributed by atoms with Gasteiger partial charge in [-0.2, -0.15) is 4.98 Å². The number of rotatable bonds is 3. The fraction of sp³-hybridized carbons (Fsp3) is 0.267. The summed E-state index contributed by atoms with van der Waals surface area (Å²) in [5.41, 5.74) is 3.45. The Bertz CT molecular complexity index is 975. The number of nitrogens with zero attached hydrogens (tertiary/aromatic N) is 4. The molecule has 1 aromatic carbocycles. The zero-order valence-electron chi connectivity index (χ0n) is 13.3. The minimum atomic E-state index is -3.78. The first-order chi connectivity index (χ1) is 10.8. The van der Waals surface area contributed by atoms with Gasteiger partial charge in [0.2, 0.25) is 0 Å². The number of nitrogens with one attached hydrogen (secondary N) is 1. The maximum atomic E-state index is 12.8. The fourth-order valence-corrected chi connectivity index (χ4v) is 4.09. The number of hydrogen-bond donors (Lipinski definition) is 1. The van der Waals surface area contributed by atoms with Gasteiger partial charge in [0.05, 0.1) is 4.90 Å². The van der Waals surface area contributed by atoms with E-state index in [9.17, 15) is 8.42 Å². The molecular formula is C15H17N5O2S. The smallest absolute Gasteiger partial charge is 0.246 e. The van der Waals surface area contributed by atoms with E-state index >= 15 is 0 Å². The van der Waals surface area contributed by atoms with Gasteiger partial charge in [-0.3, -0.25) is 0 Å². The van der Waals surface area contributed by atoms with Crippen LogP contribution in [0.3, 0.4) is 0 Å². The van der Waals surface area contributed by atoms with Crippen molar-refractivity contribution in [3.8, 4) is 0 Å². The van der Waals surface area contributed by atoms with Crippen LogP contribution in [0.4, 0.5) is 5.95 Å². The summed E-state index contributed by atoms with van der Waals surface area (Å²) in [5, 5.41) is 4.08. The van der Waals surface area contributed by atoms with Gasteiger partial charge in [-0.1, -0.05) is 6.07 Å². The number of aryl methyl sites for hydroxylation is 2. The molecule has 0 atom stereocenters. The average Bonchev–Trinajstić information content (AvgIpc) is 2.85. The molecule has 0 unspecified atom stereocenters. The first-order valence-corrected chi connectivity index (χ1v) is 8.55. The van der Waals surface area contributed by atoms with Crippen LogP contribution >= 0.6 is 0 Å². The molecule has 3 aromatic rings. The van der Waals surface area contributed by atoms with Gasteiger partial charge in [0, 0.05) is 12.4 Å². The Hall–Kier alpha value is -2.48. The summed E-state index contributed by atoms with van der Waals surface area (Å²) in [7, 11) is -3.78. The van der Waals surface area contributed by atoms with Crippen LogP contribution < -0.4 is 4.72 Å². The Balaban J connectivity index is 2.07. The van der Waals surface area contributed by atoms with Crippen molar-refractivity contribution in [1.82, 2.24) is 19.6 Å². The summed E-state index contributed by atoms with van der Waals surface area (Å²) in [6.45, 7) is 7.47. The molecule has 0 aliphatic carbocycles. The summed E-state index contributed by atoms with van der Waals surface area (Å²) < 4.78 is 29.4. The molecule has 0 spiro atoms. The van der Waals surface area contributed by atoms with E-state index < -0.39 is 10.0 Å². The molecule has 23 heavy (non-hydrogen) atoms. The van der Waals surface area contributed by atoms with Gasteiger partial charge in [-0.15, -0.1) is 5.10 Å². The van der Waals surface area contributed by atoms with E-state index in [1.807, 2.05) is 26.8 Å². The van der Waals surface area contributed by atoms with Crippen LogP contribution in [-0.4, -0.2) is 28.0 Å². The maximum absolute atomic E-state index is 12.8. The predicted octanol–water partition coefficient (Wildman–Crippen LogP) is 2.16. The molecule has 2 aromatic heterocycles. The number of benzene rings is 1. The third kappa shape index (κ3) is 2.65. The van der Waals surface area contributed by atoms with E-state index in [0.29, 0.717) is 11.3 Å². The van der Waals surface area contributed by atoms with Crippen molar-refractivity contribution < 1.29 is 8.42 Å². The number of sulfonamides is 1. The van der Waals surface area contributed by atoms with Crippen LogP contribution in [0.5, 0.6) is 0 Å². The number of anilines is 1. The van der Waals surface area contributed by atoms with E-state index in [2.05, 4.69) is 19.8 Å². The Kier molecular flexibility index (Phi) is 3.56. The zero-order chi connectivity index (χ0) is 16.8. The van der Waals surface area contributed by atoms with Gasteiger partial charge in [-0.05, 0) is 56.0 Å². The van der Waals surface area contributed by atoms with Gasteiger partial charge in [0.15, 0.2) is 0 Å². The first-order valence-electron chi connectivity index (χ1n) is 7.07. The van der Waals surface area contributed by atoms with Crippen LogP contribution in [0.1, 0.15) is 22.3 Å². The van der Waals surface area contributed by atoms with Gasteiger partial charge >= 0.3 is 0 Å². The zero-order valence-corrected chi connectivity index (χ0v) is 14.1. The van der Waals surface area contributed by atoms with Crippen molar-refractivity contribution in [2.45, 2.75) is 32.6 Å². The minimum absolute atomic E-state index is 0.000674. The Morgan fingerprint density at radius 1 is 1.09 bits per heavy atom. The van der Waals surface area contributed by atoms with Gasteiger partial charge < -0.3 is 0 Å². The summed E-state index contributed by atoms with van der Waals surface area (Å²) in [6, 6.07) is 3.56. The average molecular weight is 331 g/mol. The molecule has 0 fully saturated rings. The van der Waals surface area contributed by atoms with Crippen molar-refractivity contribution >= 4 is 21.7 Å². The SMILES string of the molecule is Cc1cc(C)c(S(=O)(=O)Nc2nc3ncccn3n2)c(C)c1C. The minimum Gasteiger partial charge on any atom is -0.246 e. The molecule has 0 saturated carbocycles. The Morgan fingerprint density at radius 2 is 1.83 bits per heavy atom. The summed E-state index contributed by atoms with van der Waals surface area (Å²) in [4.78, 5) is 8.36. The molecule has 0 aliphatic heterocycles. The second-order valence-electron chi connectivity index (χ2n) is 5.49. The molecule has 0 bridgehead atoms. The quantitative estimate of drug-likeness (QED) is 0.794. The maximum Gasteiger partial charge on any atom is 0.264 e. The molecule has 7 nitrogen and oxygen atoms in total. The highest BCUT2D eigenvalue weighted by atomic mass is 32.2. The normalized spacial score (nSPS) is 11.8. The predicted molar refractivity (Wildman–Crippen MR) is 87.0 cm³/mol. The molecule has 0 amide bonds. The van der Waals surface area contributed by atoms with E-state index in [-0.39, 0.29) is 10.8 Å². The standard InChI is InChI=1S/C15H17N5O2S/c1-9-8-10(2)13(12(4)11(9)3)23(21,22)19-14-17-15-16-6-5-7-20(15)18-14/h5-8H,1-4H3,(H,18,19). The molecular weight excluding hydrogens is 314 g/mol.